The number of benzene rings is 1. The highest BCUT2D eigenvalue weighted by Gasteiger charge is 2.13. The summed E-state index contributed by atoms with van der Waals surface area (Å²) < 4.78 is 2.15. The predicted octanol–water partition coefficient (Wildman–Crippen LogP) is 4.72. The molecular weight excluding hydrogens is 282 g/mol. The summed E-state index contributed by atoms with van der Waals surface area (Å²) in [5.74, 6) is 0. The fourth-order valence-corrected chi connectivity index (χ4v) is 3.71. The normalized spacial score (nSPS) is 10.8. The monoisotopic (exact) mass is 292 g/mol. The van der Waals surface area contributed by atoms with Gasteiger partial charge in [-0.25, -0.2) is 0 Å². The molecule has 0 aliphatic rings. The Bertz CT molecular complexity index is 667. The molecule has 2 aromatic heterocycles. The molecule has 0 radical (unpaired) electrons. The van der Waals surface area contributed by atoms with Crippen molar-refractivity contribution in [3.05, 3.63) is 58.6 Å². The lowest BCUT2D eigenvalue weighted by molar-refractivity contribution is -0.519. The van der Waals surface area contributed by atoms with Crippen LogP contribution in [0.3, 0.4) is 0 Å². The average Bonchev–Trinajstić information content (AvgIpc) is 2.98. The molecule has 0 atom stereocenters. The summed E-state index contributed by atoms with van der Waals surface area (Å²) in [4.78, 5) is 3.96. The van der Waals surface area contributed by atoms with E-state index >= 15 is 0 Å². The average molecular weight is 293 g/mol. The van der Waals surface area contributed by atoms with Gasteiger partial charge in [-0.3, -0.25) is 0 Å². The van der Waals surface area contributed by atoms with Crippen molar-refractivity contribution in [2.45, 2.75) is 6.92 Å². The van der Waals surface area contributed by atoms with Gasteiger partial charge in [-0.1, -0.05) is 11.6 Å². The molecule has 3 rings (SSSR count). The number of halogens is 1. The van der Waals surface area contributed by atoms with Crippen LogP contribution in [0, 0.1) is 6.92 Å². The molecular formula is C14H11ClNS2+. The van der Waals surface area contributed by atoms with Gasteiger partial charge in [0.05, 0.1) is 4.88 Å². The lowest BCUT2D eigenvalue weighted by atomic mass is 10.3. The molecule has 0 saturated heterocycles. The molecule has 0 amide bonds. The molecule has 0 aliphatic heterocycles. The van der Waals surface area contributed by atoms with Crippen LogP contribution in [-0.2, 0) is 0 Å². The number of aryl methyl sites for hydroxylation is 1. The van der Waals surface area contributed by atoms with Crippen molar-refractivity contribution in [2.75, 3.05) is 0 Å². The fourth-order valence-electron chi connectivity index (χ4n) is 1.72. The third kappa shape index (κ3) is 2.34. The number of rotatable bonds is 2. The number of hydrogen-bond donors (Lipinski definition) is 0. The molecule has 1 nitrogen and oxygen atoms in total. The van der Waals surface area contributed by atoms with Crippen molar-refractivity contribution in [3.63, 3.8) is 0 Å². The second-order valence-electron chi connectivity index (χ2n) is 3.98. The first kappa shape index (κ1) is 11.9. The van der Waals surface area contributed by atoms with E-state index in [0.717, 1.165) is 10.7 Å². The van der Waals surface area contributed by atoms with Gasteiger partial charge in [0.2, 0.25) is 5.69 Å². The molecule has 0 aliphatic carbocycles. The summed E-state index contributed by atoms with van der Waals surface area (Å²) >= 11 is 9.47. The van der Waals surface area contributed by atoms with Crippen LogP contribution in [0.2, 0.25) is 5.02 Å². The maximum absolute atomic E-state index is 5.90. The van der Waals surface area contributed by atoms with E-state index in [9.17, 15) is 0 Å². The molecule has 1 aromatic carbocycles. The summed E-state index contributed by atoms with van der Waals surface area (Å²) in [7, 11) is 0. The highest BCUT2D eigenvalue weighted by molar-refractivity contribution is 7.19. The molecule has 2 heterocycles. The Morgan fingerprint density at radius 2 is 1.72 bits per heavy atom. The third-order valence-electron chi connectivity index (χ3n) is 2.62. The first-order valence-corrected chi connectivity index (χ1v) is 7.54. The van der Waals surface area contributed by atoms with Gasteiger partial charge in [0, 0.05) is 28.1 Å². The van der Waals surface area contributed by atoms with E-state index in [1.165, 1.54) is 14.6 Å². The van der Waals surface area contributed by atoms with Crippen molar-refractivity contribution in [1.29, 1.82) is 0 Å². The molecule has 0 saturated carbocycles. The molecule has 0 unspecified atom stereocenters. The Kier molecular flexibility index (Phi) is 3.20. The van der Waals surface area contributed by atoms with Crippen LogP contribution in [0.4, 0.5) is 0 Å². The highest BCUT2D eigenvalue weighted by atomic mass is 35.5. The van der Waals surface area contributed by atoms with Gasteiger partial charge in [-0.05, 0) is 31.2 Å². The van der Waals surface area contributed by atoms with E-state index in [1.54, 1.807) is 11.5 Å². The summed E-state index contributed by atoms with van der Waals surface area (Å²) in [6, 6.07) is 14.4. The Morgan fingerprint density at radius 1 is 0.944 bits per heavy atom. The lowest BCUT2D eigenvalue weighted by Gasteiger charge is -1.90. The number of nitrogens with zero attached hydrogens (tertiary/aromatic N) is 1. The molecule has 0 N–H and O–H groups in total. The number of hydrogen-bond acceptors (Lipinski definition) is 2. The van der Waals surface area contributed by atoms with Gasteiger partial charge >= 0.3 is 0 Å². The smallest absolute Gasteiger partial charge is 0.140 e. The van der Waals surface area contributed by atoms with Crippen LogP contribution in [0.15, 0.2) is 48.7 Å². The molecule has 90 valence electrons. The standard InChI is InChI=1S/C14H11ClNS2/c1-10-2-7-13(17-10)14-8-9-16(18-14)12-5-3-11(15)4-6-12/h2-9H,1H3/q+1. The zero-order chi connectivity index (χ0) is 12.5. The molecule has 4 heteroatoms. The summed E-state index contributed by atoms with van der Waals surface area (Å²) in [6.45, 7) is 2.13. The minimum Gasteiger partial charge on any atom is -0.140 e. The Balaban J connectivity index is 1.96. The molecule has 18 heavy (non-hydrogen) atoms. The summed E-state index contributed by atoms with van der Waals surface area (Å²) in [6.07, 6.45) is 2.10. The molecule has 0 fully saturated rings. The second-order valence-corrected chi connectivity index (χ2v) is 6.72. The van der Waals surface area contributed by atoms with Crippen molar-refractivity contribution >= 4 is 34.5 Å². The van der Waals surface area contributed by atoms with E-state index in [2.05, 4.69) is 35.3 Å². The van der Waals surface area contributed by atoms with Gasteiger partial charge in [-0.15, -0.1) is 15.3 Å². The largest absolute Gasteiger partial charge is 0.225 e. The Hall–Kier alpha value is -1.16. The van der Waals surface area contributed by atoms with Crippen molar-refractivity contribution in [1.82, 2.24) is 0 Å². The van der Waals surface area contributed by atoms with E-state index in [1.807, 2.05) is 35.6 Å². The second kappa shape index (κ2) is 4.84. The Morgan fingerprint density at radius 3 is 2.39 bits per heavy atom. The maximum atomic E-state index is 5.90. The number of thiophene rings is 1. The maximum Gasteiger partial charge on any atom is 0.225 e. The zero-order valence-electron chi connectivity index (χ0n) is 9.76. The van der Waals surface area contributed by atoms with Crippen LogP contribution in [0.5, 0.6) is 0 Å². The van der Waals surface area contributed by atoms with E-state index in [-0.39, 0.29) is 0 Å². The zero-order valence-corrected chi connectivity index (χ0v) is 12.1. The lowest BCUT2D eigenvalue weighted by Crippen LogP contribution is -2.23. The Labute approximate surface area is 119 Å². The minimum atomic E-state index is 0.769. The van der Waals surface area contributed by atoms with Crippen LogP contribution < -0.4 is 3.96 Å². The van der Waals surface area contributed by atoms with E-state index < -0.39 is 0 Å². The van der Waals surface area contributed by atoms with Gasteiger partial charge in [0.15, 0.2) is 6.20 Å². The number of aromatic nitrogens is 1. The quantitative estimate of drug-likeness (QED) is 0.602. The summed E-state index contributed by atoms with van der Waals surface area (Å²) in [5.41, 5.74) is 1.14. The first-order valence-electron chi connectivity index (χ1n) is 5.57. The summed E-state index contributed by atoms with van der Waals surface area (Å²) in [5, 5.41) is 0.769. The molecule has 0 spiro atoms. The van der Waals surface area contributed by atoms with Crippen molar-refractivity contribution in [3.8, 4) is 15.4 Å². The fraction of sp³-hybridized carbons (Fsp3) is 0.0714. The SMILES string of the molecule is Cc1ccc(-c2cc[n+](-c3ccc(Cl)cc3)s2)s1. The molecule has 3 aromatic rings. The van der Waals surface area contributed by atoms with Gasteiger partial charge in [0.25, 0.3) is 0 Å². The van der Waals surface area contributed by atoms with Crippen LogP contribution in [0.1, 0.15) is 4.88 Å². The van der Waals surface area contributed by atoms with Gasteiger partial charge in [0.1, 0.15) is 16.4 Å². The highest BCUT2D eigenvalue weighted by Crippen LogP contribution is 2.29. The van der Waals surface area contributed by atoms with Gasteiger partial charge < -0.3 is 0 Å². The predicted molar refractivity (Wildman–Crippen MR) is 78.9 cm³/mol. The van der Waals surface area contributed by atoms with Gasteiger partial charge in [-0.2, -0.15) is 0 Å². The first-order chi connectivity index (χ1) is 8.72. The molecule has 0 bridgehead atoms. The van der Waals surface area contributed by atoms with Crippen molar-refractivity contribution in [2.24, 2.45) is 0 Å². The van der Waals surface area contributed by atoms with Crippen LogP contribution in [0.25, 0.3) is 15.4 Å². The van der Waals surface area contributed by atoms with E-state index in [4.69, 9.17) is 11.6 Å². The van der Waals surface area contributed by atoms with Crippen molar-refractivity contribution < 1.29 is 3.96 Å². The minimum absolute atomic E-state index is 0.769. The van der Waals surface area contributed by atoms with Crippen LogP contribution >= 0.6 is 34.5 Å². The van der Waals surface area contributed by atoms with E-state index in [0.29, 0.717) is 0 Å². The topological polar surface area (TPSA) is 3.88 Å². The third-order valence-corrected chi connectivity index (χ3v) is 5.12. The van der Waals surface area contributed by atoms with Crippen LogP contribution in [-0.4, -0.2) is 0 Å².